The lowest BCUT2D eigenvalue weighted by atomic mass is 10.2. The summed E-state index contributed by atoms with van der Waals surface area (Å²) in [6.07, 6.45) is 6.48. The molecule has 31 heavy (non-hydrogen) atoms. The zero-order valence-corrected chi connectivity index (χ0v) is 19.1. The van der Waals surface area contributed by atoms with E-state index in [0.717, 1.165) is 67.6 Å². The number of hydrogen-bond acceptors (Lipinski definition) is 6. The van der Waals surface area contributed by atoms with Crippen molar-refractivity contribution in [3.8, 4) is 11.4 Å². The van der Waals surface area contributed by atoms with Gasteiger partial charge >= 0.3 is 0 Å². The normalized spacial score (nSPS) is 15.9. The lowest BCUT2D eigenvalue weighted by molar-refractivity contribution is 0.313. The van der Waals surface area contributed by atoms with Crippen LogP contribution in [0.2, 0.25) is 0 Å². The van der Waals surface area contributed by atoms with Crippen LogP contribution in [0.5, 0.6) is 0 Å². The zero-order valence-electron chi connectivity index (χ0n) is 19.1. The molecule has 0 bridgehead atoms. The van der Waals surface area contributed by atoms with E-state index in [1.54, 1.807) is 12.1 Å². The lowest BCUT2D eigenvalue weighted by Gasteiger charge is -2.34. The number of hydrogen-bond donors (Lipinski definition) is 1. The number of aromatic nitrogens is 2. The number of allylic oxidation sites excluding steroid dienone is 1. The second kappa shape index (κ2) is 11.0. The van der Waals surface area contributed by atoms with Crippen LogP contribution in [-0.2, 0) is 6.54 Å². The number of pyridine rings is 2. The maximum atomic E-state index is 12.4. The van der Waals surface area contributed by atoms with Gasteiger partial charge in [0.15, 0.2) is 5.43 Å². The third-order valence-electron chi connectivity index (χ3n) is 5.49. The van der Waals surface area contributed by atoms with Crippen LogP contribution in [0.3, 0.4) is 0 Å². The maximum Gasteiger partial charge on any atom is 0.182 e. The van der Waals surface area contributed by atoms with Crippen LogP contribution in [0.4, 0.5) is 5.69 Å². The van der Waals surface area contributed by atoms with Crippen LogP contribution in [0.1, 0.15) is 26.0 Å². The topological polar surface area (TPSA) is 67.8 Å². The van der Waals surface area contributed by atoms with E-state index >= 15 is 0 Å². The van der Waals surface area contributed by atoms with Gasteiger partial charge in [0, 0.05) is 80.9 Å². The summed E-state index contributed by atoms with van der Waals surface area (Å²) in [5, 5.41) is 0. The van der Waals surface area contributed by atoms with E-state index in [0.29, 0.717) is 6.54 Å². The quantitative estimate of drug-likeness (QED) is 0.663. The monoisotopic (exact) mass is 422 g/mol. The van der Waals surface area contributed by atoms with Crippen molar-refractivity contribution in [3.05, 3.63) is 58.7 Å². The number of likely N-dealkylation sites (N-methyl/N-ethyl adjacent to an activating group) is 1. The van der Waals surface area contributed by atoms with Gasteiger partial charge in [0.25, 0.3) is 0 Å². The number of nitrogens with one attached hydrogen (secondary N) is 1. The predicted octanol–water partition coefficient (Wildman–Crippen LogP) is 3.01. The molecule has 0 unspecified atom stereocenters. The molecule has 0 spiro atoms. The Labute approximate surface area is 185 Å². The minimum atomic E-state index is -0.0118. The Hall–Kier alpha value is -2.77. The van der Waals surface area contributed by atoms with Gasteiger partial charge in [-0.15, -0.1) is 0 Å². The molecule has 2 aromatic rings. The first-order valence-corrected chi connectivity index (χ1v) is 11.0. The average molecular weight is 423 g/mol. The molecule has 1 aliphatic rings. The van der Waals surface area contributed by atoms with E-state index in [-0.39, 0.29) is 5.43 Å². The standard InChI is InChI=1S/C24H34N6O/c1-5-8-25-19(6-2)17-29(4)18-20-14-22(31)16-24(27-20)23-15-21(7-9-26-23)30-12-10-28(3)11-13-30/h5,7-9,14-16H,6,10-13,17-18H2,1-4H3,(H,27,31)/b8-5-,25-19?. The fraction of sp³-hybridized carbons (Fsp3) is 0.458. The molecular formula is C24H34N6O. The highest BCUT2D eigenvalue weighted by Crippen LogP contribution is 2.22. The Morgan fingerprint density at radius 2 is 2.03 bits per heavy atom. The van der Waals surface area contributed by atoms with E-state index in [2.05, 4.69) is 49.7 Å². The lowest BCUT2D eigenvalue weighted by Crippen LogP contribution is -2.44. The largest absolute Gasteiger partial charge is 0.369 e. The fourth-order valence-corrected chi connectivity index (χ4v) is 3.73. The van der Waals surface area contributed by atoms with Gasteiger partial charge in [-0.05, 0) is 39.6 Å². The van der Waals surface area contributed by atoms with Crippen LogP contribution in [0.25, 0.3) is 11.4 Å². The number of nitrogens with zero attached hydrogens (tertiary/aromatic N) is 5. The van der Waals surface area contributed by atoms with Crippen molar-refractivity contribution in [1.82, 2.24) is 19.8 Å². The molecule has 0 saturated carbocycles. The fourth-order valence-electron chi connectivity index (χ4n) is 3.73. The molecule has 1 aliphatic heterocycles. The summed E-state index contributed by atoms with van der Waals surface area (Å²) in [7, 11) is 4.19. The SMILES string of the molecule is C/C=C\N=C(CC)CN(C)Cc1cc(=O)cc(-c2cc(N3CCN(C)CC3)ccn2)[nH]1. The van der Waals surface area contributed by atoms with Crippen LogP contribution >= 0.6 is 0 Å². The molecule has 1 fully saturated rings. The highest BCUT2D eigenvalue weighted by Gasteiger charge is 2.15. The number of aliphatic imine (C=N–C) groups is 1. The van der Waals surface area contributed by atoms with Gasteiger partial charge in [-0.1, -0.05) is 13.0 Å². The summed E-state index contributed by atoms with van der Waals surface area (Å²) in [5.41, 5.74) is 4.67. The Kier molecular flexibility index (Phi) is 8.14. The van der Waals surface area contributed by atoms with Gasteiger partial charge in [0.05, 0.1) is 11.4 Å². The molecule has 0 aromatic carbocycles. The number of piperazine rings is 1. The number of anilines is 1. The second-order valence-corrected chi connectivity index (χ2v) is 8.15. The summed E-state index contributed by atoms with van der Waals surface area (Å²) in [6, 6.07) is 7.41. The van der Waals surface area contributed by atoms with E-state index in [9.17, 15) is 4.79 Å². The number of H-pyrrole nitrogens is 1. The molecule has 0 amide bonds. The molecule has 0 atom stereocenters. The third kappa shape index (κ3) is 6.60. The van der Waals surface area contributed by atoms with Gasteiger partial charge in [-0.25, -0.2) is 0 Å². The highest BCUT2D eigenvalue weighted by molar-refractivity contribution is 5.86. The Bertz CT molecular complexity index is 972. The predicted molar refractivity (Wildman–Crippen MR) is 129 cm³/mol. The van der Waals surface area contributed by atoms with Crippen molar-refractivity contribution < 1.29 is 0 Å². The minimum Gasteiger partial charge on any atom is -0.369 e. The van der Waals surface area contributed by atoms with Crippen LogP contribution in [0, 0.1) is 0 Å². The number of rotatable bonds is 8. The molecule has 166 valence electrons. The summed E-state index contributed by atoms with van der Waals surface area (Å²) in [6.45, 7) is 9.55. The first-order chi connectivity index (χ1) is 15.0. The first-order valence-electron chi connectivity index (χ1n) is 11.0. The number of aromatic amines is 1. The van der Waals surface area contributed by atoms with Crippen molar-refractivity contribution >= 4 is 11.4 Å². The molecule has 3 rings (SSSR count). The third-order valence-corrected chi connectivity index (χ3v) is 5.49. The molecule has 1 saturated heterocycles. The molecule has 0 radical (unpaired) electrons. The van der Waals surface area contributed by atoms with Gasteiger partial charge in [-0.2, -0.15) is 0 Å². The molecule has 7 heteroatoms. The molecule has 7 nitrogen and oxygen atoms in total. The summed E-state index contributed by atoms with van der Waals surface area (Å²) in [4.78, 5) is 31.7. The van der Waals surface area contributed by atoms with Crippen molar-refractivity contribution in [3.63, 3.8) is 0 Å². The maximum absolute atomic E-state index is 12.4. The van der Waals surface area contributed by atoms with Crippen LogP contribution < -0.4 is 10.3 Å². The Morgan fingerprint density at radius 1 is 1.26 bits per heavy atom. The van der Waals surface area contributed by atoms with Crippen LogP contribution in [0.15, 0.2) is 52.5 Å². The van der Waals surface area contributed by atoms with E-state index in [4.69, 9.17) is 0 Å². The van der Waals surface area contributed by atoms with E-state index in [1.165, 1.54) is 0 Å². The smallest absolute Gasteiger partial charge is 0.182 e. The zero-order chi connectivity index (χ0) is 22.2. The first kappa shape index (κ1) is 22.9. The van der Waals surface area contributed by atoms with Crippen LogP contribution in [-0.4, -0.2) is 72.3 Å². The van der Waals surface area contributed by atoms with Crippen molar-refractivity contribution in [2.75, 3.05) is 51.7 Å². The van der Waals surface area contributed by atoms with Crippen molar-refractivity contribution in [2.45, 2.75) is 26.8 Å². The van der Waals surface area contributed by atoms with Gasteiger partial charge in [0.2, 0.25) is 0 Å². The molecular weight excluding hydrogens is 388 g/mol. The molecule has 0 aliphatic carbocycles. The van der Waals surface area contributed by atoms with Crippen molar-refractivity contribution in [2.24, 2.45) is 4.99 Å². The van der Waals surface area contributed by atoms with E-state index < -0.39 is 0 Å². The second-order valence-electron chi connectivity index (χ2n) is 8.15. The summed E-state index contributed by atoms with van der Waals surface area (Å²) < 4.78 is 0. The Balaban J connectivity index is 1.77. The summed E-state index contributed by atoms with van der Waals surface area (Å²) in [5.74, 6) is 0. The molecule has 1 N–H and O–H groups in total. The van der Waals surface area contributed by atoms with Gasteiger partial charge in [0.1, 0.15) is 0 Å². The highest BCUT2D eigenvalue weighted by atomic mass is 16.1. The van der Waals surface area contributed by atoms with E-state index in [1.807, 2.05) is 38.5 Å². The van der Waals surface area contributed by atoms with Gasteiger partial charge in [-0.3, -0.25) is 19.7 Å². The summed E-state index contributed by atoms with van der Waals surface area (Å²) >= 11 is 0. The minimum absolute atomic E-state index is 0.0118. The molecule has 3 heterocycles. The Morgan fingerprint density at radius 3 is 2.74 bits per heavy atom. The van der Waals surface area contributed by atoms with Crippen molar-refractivity contribution in [1.29, 1.82) is 0 Å². The molecule has 2 aromatic heterocycles. The van der Waals surface area contributed by atoms with Gasteiger partial charge < -0.3 is 14.8 Å². The average Bonchev–Trinajstić information content (AvgIpc) is 2.76.